The van der Waals surface area contributed by atoms with E-state index in [1.54, 1.807) is 0 Å². The molecule has 1 rings (SSSR count). The van der Waals surface area contributed by atoms with Crippen LogP contribution < -0.4 is 34.5 Å². The van der Waals surface area contributed by atoms with Crippen molar-refractivity contribution < 1.29 is 53.2 Å². The van der Waals surface area contributed by atoms with Crippen molar-refractivity contribution in [2.75, 3.05) is 6.61 Å². The third kappa shape index (κ3) is 19.2. The molecule has 3 unspecified atom stereocenters. The van der Waals surface area contributed by atoms with Gasteiger partial charge in [0.05, 0.1) is 18.8 Å². The van der Waals surface area contributed by atoms with Crippen LogP contribution in [0.15, 0.2) is 12.2 Å². The van der Waals surface area contributed by atoms with Crippen LogP contribution in [0, 0.1) is 0 Å². The van der Waals surface area contributed by atoms with E-state index >= 15 is 0 Å². The molecular formula is C22H42NaO5P. The van der Waals surface area contributed by atoms with Gasteiger partial charge in [0.15, 0.2) is 0 Å². The molecule has 166 valence electrons. The summed E-state index contributed by atoms with van der Waals surface area (Å²) in [4.78, 5) is 19.2. The number of hydrogen-bond donors (Lipinski definition) is 1. The first kappa shape index (κ1) is 29.8. The standard InChI is InChI=1S/C22H43O5P.Na/c1-2-3-4-5-6-7-8-9-10-11-12-13-14-15-16-17-21-18-19-22(27-21)20-26-28(23,24)25;/h9-10,21-22H,2-8,11-20H2,1H3,(H2,23,24,25);/q;+1/p-1/b10-9+;. The van der Waals surface area contributed by atoms with Crippen molar-refractivity contribution in [2.45, 2.75) is 122 Å². The Bertz CT molecular complexity index is 441. The normalized spacial score (nSPS) is 21.3. The number of phosphoric ester groups is 1. The van der Waals surface area contributed by atoms with Crippen molar-refractivity contribution in [3.05, 3.63) is 12.2 Å². The Morgan fingerprint density at radius 2 is 1.45 bits per heavy atom. The van der Waals surface area contributed by atoms with Gasteiger partial charge in [0, 0.05) is 0 Å². The molecule has 1 N–H and O–H groups in total. The first-order valence-corrected chi connectivity index (χ1v) is 13.0. The number of unbranched alkanes of at least 4 members (excludes halogenated alkanes) is 11. The van der Waals surface area contributed by atoms with Crippen molar-refractivity contribution >= 4 is 7.82 Å². The summed E-state index contributed by atoms with van der Waals surface area (Å²) in [5, 5.41) is 0. The van der Waals surface area contributed by atoms with E-state index in [4.69, 9.17) is 9.63 Å². The van der Waals surface area contributed by atoms with Crippen LogP contribution in [0.4, 0.5) is 0 Å². The summed E-state index contributed by atoms with van der Waals surface area (Å²) in [5.74, 6) is 0. The first-order chi connectivity index (χ1) is 13.5. The molecule has 0 aliphatic carbocycles. The second-order valence-corrected chi connectivity index (χ2v) is 9.29. The Labute approximate surface area is 200 Å². The summed E-state index contributed by atoms with van der Waals surface area (Å²) in [6.07, 6.45) is 24.4. The van der Waals surface area contributed by atoms with Crippen LogP contribution in [-0.4, -0.2) is 23.7 Å². The topological polar surface area (TPSA) is 78.8 Å². The Balaban J connectivity index is 0.00000784. The number of phosphoric acid groups is 1. The van der Waals surface area contributed by atoms with Crippen LogP contribution in [0.25, 0.3) is 0 Å². The SMILES string of the molecule is CCCCCCCC/C=C/CCCCCCCC1CCC(COP(=O)([O-])O)O1.[Na+]. The van der Waals surface area contributed by atoms with Gasteiger partial charge in [0.25, 0.3) is 7.82 Å². The largest absolute Gasteiger partial charge is 1.00 e. The van der Waals surface area contributed by atoms with E-state index in [-0.39, 0.29) is 48.4 Å². The quantitative estimate of drug-likeness (QED) is 0.153. The maximum absolute atomic E-state index is 10.6. The summed E-state index contributed by atoms with van der Waals surface area (Å²) in [5.41, 5.74) is 0. The number of allylic oxidation sites excluding steroid dienone is 2. The van der Waals surface area contributed by atoms with E-state index < -0.39 is 7.82 Å². The van der Waals surface area contributed by atoms with Gasteiger partial charge in [-0.15, -0.1) is 0 Å². The van der Waals surface area contributed by atoms with E-state index in [0.29, 0.717) is 0 Å². The van der Waals surface area contributed by atoms with Gasteiger partial charge in [-0.05, 0) is 44.9 Å². The number of hydrogen-bond acceptors (Lipinski definition) is 4. The van der Waals surface area contributed by atoms with Gasteiger partial charge in [-0.25, -0.2) is 0 Å². The molecule has 1 aliphatic heterocycles. The minimum absolute atomic E-state index is 0. The predicted molar refractivity (Wildman–Crippen MR) is 113 cm³/mol. The zero-order chi connectivity index (χ0) is 20.5. The van der Waals surface area contributed by atoms with Crippen molar-refractivity contribution in [1.29, 1.82) is 0 Å². The average molecular weight is 441 g/mol. The van der Waals surface area contributed by atoms with E-state index in [0.717, 1.165) is 25.7 Å². The van der Waals surface area contributed by atoms with Gasteiger partial charge >= 0.3 is 29.6 Å². The second kappa shape index (κ2) is 19.5. The van der Waals surface area contributed by atoms with Gasteiger partial charge in [-0.1, -0.05) is 76.9 Å². The molecule has 1 heterocycles. The van der Waals surface area contributed by atoms with Crippen LogP contribution in [0.2, 0.25) is 0 Å². The summed E-state index contributed by atoms with van der Waals surface area (Å²) in [6.45, 7) is 2.19. The molecule has 7 heteroatoms. The van der Waals surface area contributed by atoms with Crippen molar-refractivity contribution in [3.8, 4) is 0 Å². The Morgan fingerprint density at radius 1 is 0.931 bits per heavy atom. The summed E-state index contributed by atoms with van der Waals surface area (Å²) in [6, 6.07) is 0. The minimum atomic E-state index is -4.63. The molecule has 0 spiro atoms. The fraction of sp³-hybridized carbons (Fsp3) is 0.909. The van der Waals surface area contributed by atoms with Gasteiger partial charge in [-0.3, -0.25) is 4.57 Å². The predicted octanol–water partition coefficient (Wildman–Crippen LogP) is 3.05. The van der Waals surface area contributed by atoms with Crippen LogP contribution in [0.3, 0.4) is 0 Å². The molecule has 0 bridgehead atoms. The van der Waals surface area contributed by atoms with Gasteiger partial charge in [0.1, 0.15) is 0 Å². The average Bonchev–Trinajstić information content (AvgIpc) is 3.10. The van der Waals surface area contributed by atoms with Crippen LogP contribution in [-0.2, 0) is 13.8 Å². The van der Waals surface area contributed by atoms with Crippen molar-refractivity contribution in [2.24, 2.45) is 0 Å². The second-order valence-electron chi connectivity index (χ2n) is 8.09. The van der Waals surface area contributed by atoms with Crippen molar-refractivity contribution in [3.63, 3.8) is 0 Å². The smallest absolute Gasteiger partial charge is 0.756 e. The van der Waals surface area contributed by atoms with E-state index in [9.17, 15) is 9.46 Å². The zero-order valence-corrected chi connectivity index (χ0v) is 21.8. The molecule has 0 amide bonds. The molecule has 1 saturated heterocycles. The van der Waals surface area contributed by atoms with Gasteiger partial charge in [0.2, 0.25) is 0 Å². The molecule has 0 aromatic heterocycles. The number of rotatable bonds is 18. The molecule has 3 atom stereocenters. The van der Waals surface area contributed by atoms with Crippen LogP contribution in [0.5, 0.6) is 0 Å². The molecule has 0 aromatic rings. The molecule has 0 aromatic carbocycles. The zero-order valence-electron chi connectivity index (χ0n) is 18.9. The molecule has 1 fully saturated rings. The van der Waals surface area contributed by atoms with Crippen LogP contribution in [0.1, 0.15) is 110 Å². The maximum atomic E-state index is 10.6. The van der Waals surface area contributed by atoms with Crippen molar-refractivity contribution in [1.82, 2.24) is 0 Å². The van der Waals surface area contributed by atoms with Crippen LogP contribution >= 0.6 is 7.82 Å². The van der Waals surface area contributed by atoms with E-state index in [1.807, 2.05) is 0 Å². The monoisotopic (exact) mass is 440 g/mol. The molecule has 0 radical (unpaired) electrons. The fourth-order valence-electron chi connectivity index (χ4n) is 3.74. The maximum Gasteiger partial charge on any atom is 1.00 e. The summed E-state index contributed by atoms with van der Waals surface area (Å²) < 4.78 is 20.8. The minimum Gasteiger partial charge on any atom is -0.756 e. The van der Waals surface area contributed by atoms with E-state index in [1.165, 1.54) is 77.0 Å². The Kier molecular flexibility index (Phi) is 20.0. The number of ether oxygens (including phenoxy) is 1. The van der Waals surface area contributed by atoms with Gasteiger partial charge < -0.3 is 19.0 Å². The molecular weight excluding hydrogens is 398 g/mol. The summed E-state index contributed by atoms with van der Waals surface area (Å²) >= 11 is 0. The molecule has 0 saturated carbocycles. The molecule has 1 aliphatic rings. The van der Waals surface area contributed by atoms with Gasteiger partial charge in [-0.2, -0.15) is 0 Å². The molecule has 29 heavy (non-hydrogen) atoms. The van der Waals surface area contributed by atoms with E-state index in [2.05, 4.69) is 23.6 Å². The fourth-order valence-corrected chi connectivity index (χ4v) is 4.09. The summed E-state index contributed by atoms with van der Waals surface area (Å²) in [7, 11) is -4.63. The molecule has 5 nitrogen and oxygen atoms in total. The Hall–Kier alpha value is 0.810. The Morgan fingerprint density at radius 3 is 2.03 bits per heavy atom. The third-order valence-corrected chi connectivity index (χ3v) is 5.88. The first-order valence-electron chi connectivity index (χ1n) is 11.5. The third-order valence-electron chi connectivity index (χ3n) is 5.41.